The maximum absolute atomic E-state index is 9.78. The summed E-state index contributed by atoms with van der Waals surface area (Å²) in [4.78, 5) is 0. The van der Waals surface area contributed by atoms with E-state index < -0.39 is 0 Å². The molecule has 0 unspecified atom stereocenters. The Kier molecular flexibility index (Phi) is 6.59. The molecule has 2 atom stereocenters. The SMILES string of the molecule is CC(C)N[C@H](c1ccccc1)[C@@H](CO)OCc1ccccc1. The summed E-state index contributed by atoms with van der Waals surface area (Å²) in [5, 5.41) is 13.3. The van der Waals surface area contributed by atoms with Crippen LogP contribution >= 0.6 is 0 Å². The van der Waals surface area contributed by atoms with Crippen LogP contribution in [0, 0.1) is 0 Å². The molecule has 0 aliphatic carbocycles. The van der Waals surface area contributed by atoms with Gasteiger partial charge < -0.3 is 15.2 Å². The van der Waals surface area contributed by atoms with Crippen LogP contribution in [0.5, 0.6) is 0 Å². The van der Waals surface area contributed by atoms with E-state index in [0.29, 0.717) is 12.6 Å². The third kappa shape index (κ3) is 4.95. The molecule has 2 N–H and O–H groups in total. The monoisotopic (exact) mass is 299 g/mol. The summed E-state index contributed by atoms with van der Waals surface area (Å²) >= 11 is 0. The summed E-state index contributed by atoms with van der Waals surface area (Å²) in [5.41, 5.74) is 2.24. The molecule has 0 saturated carbocycles. The summed E-state index contributed by atoms with van der Waals surface area (Å²) in [6.07, 6.45) is -0.287. The minimum absolute atomic E-state index is 0.0217. The molecule has 0 fully saturated rings. The second-order valence-corrected chi connectivity index (χ2v) is 5.73. The highest BCUT2D eigenvalue weighted by Crippen LogP contribution is 2.21. The summed E-state index contributed by atoms with van der Waals surface area (Å²) in [6, 6.07) is 20.4. The summed E-state index contributed by atoms with van der Waals surface area (Å²) in [6.45, 7) is 4.67. The molecule has 0 radical (unpaired) electrons. The summed E-state index contributed by atoms with van der Waals surface area (Å²) in [7, 11) is 0. The number of hydrogen-bond donors (Lipinski definition) is 2. The predicted molar refractivity (Wildman–Crippen MR) is 89.6 cm³/mol. The van der Waals surface area contributed by atoms with E-state index in [9.17, 15) is 5.11 Å². The first-order valence-electron chi connectivity index (χ1n) is 7.78. The lowest BCUT2D eigenvalue weighted by Crippen LogP contribution is -2.39. The van der Waals surface area contributed by atoms with Gasteiger partial charge in [0.2, 0.25) is 0 Å². The van der Waals surface area contributed by atoms with Crippen LogP contribution in [0.25, 0.3) is 0 Å². The number of nitrogens with one attached hydrogen (secondary N) is 1. The van der Waals surface area contributed by atoms with E-state index in [-0.39, 0.29) is 18.8 Å². The Bertz CT molecular complexity index is 528. The van der Waals surface area contributed by atoms with Crippen molar-refractivity contribution in [3.05, 3.63) is 71.8 Å². The second kappa shape index (κ2) is 8.69. The van der Waals surface area contributed by atoms with Gasteiger partial charge in [0.15, 0.2) is 0 Å². The van der Waals surface area contributed by atoms with E-state index in [4.69, 9.17) is 4.74 Å². The van der Waals surface area contributed by atoms with Crippen LogP contribution in [0.15, 0.2) is 60.7 Å². The van der Waals surface area contributed by atoms with Crippen molar-refractivity contribution in [1.82, 2.24) is 5.32 Å². The lowest BCUT2D eigenvalue weighted by Gasteiger charge is -2.29. The Balaban J connectivity index is 2.09. The smallest absolute Gasteiger partial charge is 0.100 e. The van der Waals surface area contributed by atoms with E-state index in [1.54, 1.807) is 0 Å². The van der Waals surface area contributed by atoms with E-state index in [1.807, 2.05) is 48.5 Å². The maximum Gasteiger partial charge on any atom is 0.100 e. The zero-order valence-electron chi connectivity index (χ0n) is 13.3. The van der Waals surface area contributed by atoms with Gasteiger partial charge in [-0.2, -0.15) is 0 Å². The number of rotatable bonds is 8. The molecule has 0 aliphatic rings. The third-order valence-corrected chi connectivity index (χ3v) is 3.53. The molecule has 22 heavy (non-hydrogen) atoms. The van der Waals surface area contributed by atoms with Crippen molar-refractivity contribution in [2.24, 2.45) is 0 Å². The quantitative estimate of drug-likeness (QED) is 0.786. The fourth-order valence-corrected chi connectivity index (χ4v) is 2.47. The first-order chi connectivity index (χ1) is 10.7. The van der Waals surface area contributed by atoms with Crippen molar-refractivity contribution in [3.8, 4) is 0 Å². The zero-order valence-corrected chi connectivity index (χ0v) is 13.3. The molecule has 3 heteroatoms. The Morgan fingerprint density at radius 3 is 2.09 bits per heavy atom. The Morgan fingerprint density at radius 1 is 0.955 bits per heavy atom. The van der Waals surface area contributed by atoms with Crippen LogP contribution in [0.1, 0.15) is 31.0 Å². The molecular weight excluding hydrogens is 274 g/mol. The topological polar surface area (TPSA) is 41.5 Å². The van der Waals surface area contributed by atoms with Gasteiger partial charge in [0.1, 0.15) is 6.10 Å². The third-order valence-electron chi connectivity index (χ3n) is 3.53. The number of ether oxygens (including phenoxy) is 1. The molecule has 0 heterocycles. The average molecular weight is 299 g/mol. The normalized spacial score (nSPS) is 14.0. The van der Waals surface area contributed by atoms with Gasteiger partial charge in [-0.05, 0) is 11.1 Å². The van der Waals surface area contributed by atoms with Gasteiger partial charge in [0.05, 0.1) is 19.3 Å². The van der Waals surface area contributed by atoms with Crippen molar-refractivity contribution in [2.75, 3.05) is 6.61 Å². The van der Waals surface area contributed by atoms with Crippen molar-refractivity contribution in [3.63, 3.8) is 0 Å². The summed E-state index contributed by atoms with van der Waals surface area (Å²) < 4.78 is 5.98. The predicted octanol–water partition coefficient (Wildman–Crippen LogP) is 3.30. The maximum atomic E-state index is 9.78. The Labute approximate surface area is 133 Å². The highest BCUT2D eigenvalue weighted by Gasteiger charge is 2.23. The van der Waals surface area contributed by atoms with E-state index in [1.165, 1.54) is 0 Å². The van der Waals surface area contributed by atoms with Crippen LogP contribution in [-0.4, -0.2) is 23.9 Å². The molecule has 0 saturated heterocycles. The number of benzene rings is 2. The zero-order chi connectivity index (χ0) is 15.8. The molecule has 0 bridgehead atoms. The number of aliphatic hydroxyl groups is 1. The van der Waals surface area contributed by atoms with Crippen molar-refractivity contribution < 1.29 is 9.84 Å². The van der Waals surface area contributed by atoms with Gasteiger partial charge in [-0.25, -0.2) is 0 Å². The summed E-state index contributed by atoms with van der Waals surface area (Å²) in [5.74, 6) is 0. The minimum Gasteiger partial charge on any atom is -0.394 e. The van der Waals surface area contributed by atoms with Crippen LogP contribution in [0.2, 0.25) is 0 Å². The van der Waals surface area contributed by atoms with Crippen LogP contribution < -0.4 is 5.32 Å². The molecule has 2 aromatic carbocycles. The highest BCUT2D eigenvalue weighted by atomic mass is 16.5. The fraction of sp³-hybridized carbons (Fsp3) is 0.368. The minimum atomic E-state index is -0.287. The van der Waals surface area contributed by atoms with Crippen LogP contribution in [0.4, 0.5) is 0 Å². The first-order valence-corrected chi connectivity index (χ1v) is 7.78. The highest BCUT2D eigenvalue weighted by molar-refractivity contribution is 5.20. The van der Waals surface area contributed by atoms with Crippen molar-refractivity contribution >= 4 is 0 Å². The molecule has 0 amide bonds. The van der Waals surface area contributed by atoms with Crippen molar-refractivity contribution in [2.45, 2.75) is 38.6 Å². The van der Waals surface area contributed by atoms with Gasteiger partial charge in [0.25, 0.3) is 0 Å². The van der Waals surface area contributed by atoms with E-state index in [2.05, 4.69) is 31.3 Å². The Morgan fingerprint density at radius 2 is 1.55 bits per heavy atom. The largest absolute Gasteiger partial charge is 0.394 e. The van der Waals surface area contributed by atoms with Crippen molar-refractivity contribution in [1.29, 1.82) is 0 Å². The van der Waals surface area contributed by atoms with Gasteiger partial charge in [-0.3, -0.25) is 0 Å². The van der Waals surface area contributed by atoms with Crippen LogP contribution in [-0.2, 0) is 11.3 Å². The first kappa shape index (κ1) is 16.7. The standard InChI is InChI=1S/C19H25NO2/c1-15(2)20-19(17-11-7-4-8-12-17)18(13-21)22-14-16-9-5-3-6-10-16/h3-12,15,18-21H,13-14H2,1-2H3/t18-,19-/m1/s1. The fourth-order valence-electron chi connectivity index (χ4n) is 2.47. The molecule has 2 aromatic rings. The van der Waals surface area contributed by atoms with Gasteiger partial charge in [-0.15, -0.1) is 0 Å². The molecule has 0 aromatic heterocycles. The van der Waals surface area contributed by atoms with Gasteiger partial charge >= 0.3 is 0 Å². The average Bonchev–Trinajstić information content (AvgIpc) is 2.56. The molecule has 0 aliphatic heterocycles. The van der Waals surface area contributed by atoms with Crippen LogP contribution in [0.3, 0.4) is 0 Å². The Hall–Kier alpha value is -1.68. The number of hydrogen-bond acceptors (Lipinski definition) is 3. The molecule has 0 spiro atoms. The lowest BCUT2D eigenvalue weighted by atomic mass is 10.0. The number of aliphatic hydroxyl groups excluding tert-OH is 1. The molecule has 118 valence electrons. The lowest BCUT2D eigenvalue weighted by molar-refractivity contribution is -0.0222. The van der Waals surface area contributed by atoms with Gasteiger partial charge in [-0.1, -0.05) is 74.5 Å². The molecule has 2 rings (SSSR count). The molecular formula is C19H25NO2. The van der Waals surface area contributed by atoms with E-state index >= 15 is 0 Å². The molecule has 3 nitrogen and oxygen atoms in total. The second-order valence-electron chi connectivity index (χ2n) is 5.73. The van der Waals surface area contributed by atoms with Gasteiger partial charge in [0, 0.05) is 6.04 Å². The van der Waals surface area contributed by atoms with E-state index in [0.717, 1.165) is 11.1 Å².